The Kier molecular flexibility index (Phi) is 4.87. The molecule has 0 radical (unpaired) electrons. The number of carbonyl (C=O) groups excluding carboxylic acids is 1. The number of aryl methyl sites for hydroxylation is 2. The van der Waals surface area contributed by atoms with Crippen molar-refractivity contribution in [3.63, 3.8) is 0 Å². The van der Waals surface area contributed by atoms with E-state index in [0.717, 1.165) is 43.9 Å². The zero-order valence-electron chi connectivity index (χ0n) is 11.6. The molecule has 8 heteroatoms. The van der Waals surface area contributed by atoms with Gasteiger partial charge in [0.2, 0.25) is 11.1 Å². The summed E-state index contributed by atoms with van der Waals surface area (Å²) in [6, 6.07) is 4.16. The van der Waals surface area contributed by atoms with E-state index in [9.17, 15) is 4.79 Å². The van der Waals surface area contributed by atoms with Crippen LogP contribution in [0.3, 0.4) is 0 Å². The molecular formula is C13H17N5OS2. The van der Waals surface area contributed by atoms with Crippen LogP contribution in [0.1, 0.15) is 24.1 Å². The molecule has 112 valence electrons. The lowest BCUT2D eigenvalue weighted by Crippen LogP contribution is -2.30. The van der Waals surface area contributed by atoms with Gasteiger partial charge in [0.25, 0.3) is 0 Å². The second kappa shape index (κ2) is 7.04. The van der Waals surface area contributed by atoms with Gasteiger partial charge in [0.1, 0.15) is 0 Å². The number of carbonyl (C=O) groups is 1. The molecule has 2 aromatic rings. The fourth-order valence-electron chi connectivity index (χ4n) is 2.24. The third-order valence-corrected chi connectivity index (χ3v) is 5.56. The van der Waals surface area contributed by atoms with Crippen molar-refractivity contribution in [2.24, 2.45) is 0 Å². The molecular weight excluding hydrogens is 306 g/mol. The first-order valence-electron chi connectivity index (χ1n) is 7.06. The predicted octanol–water partition coefficient (Wildman–Crippen LogP) is 1.74. The third kappa shape index (κ3) is 3.82. The summed E-state index contributed by atoms with van der Waals surface area (Å²) in [6.45, 7) is 1.52. The van der Waals surface area contributed by atoms with Gasteiger partial charge in [0, 0.05) is 17.8 Å². The van der Waals surface area contributed by atoms with Gasteiger partial charge < -0.3 is 5.32 Å². The molecule has 1 aliphatic heterocycles. The first-order chi connectivity index (χ1) is 10.3. The minimum atomic E-state index is -0.0843. The maximum Gasteiger partial charge on any atom is 0.233 e. The van der Waals surface area contributed by atoms with Gasteiger partial charge in [-0.15, -0.1) is 16.4 Å². The van der Waals surface area contributed by atoms with Crippen LogP contribution in [-0.4, -0.2) is 37.9 Å². The summed E-state index contributed by atoms with van der Waals surface area (Å²) < 4.78 is 1.79. The van der Waals surface area contributed by atoms with Gasteiger partial charge in [-0.3, -0.25) is 4.79 Å². The second-order valence-electron chi connectivity index (χ2n) is 4.91. The minimum absolute atomic E-state index is 0.0843. The standard InChI is InChI=1S/C13H17N5OS2/c19-12-11(5-1-2-7-14-12)21-13-15-16-17-18(13)8-6-10-4-3-9-20-10/h3-4,9,11H,1-2,5-8H2,(H,14,19). The van der Waals surface area contributed by atoms with Gasteiger partial charge >= 0.3 is 0 Å². The van der Waals surface area contributed by atoms with E-state index in [1.165, 1.54) is 16.6 Å². The molecule has 1 N–H and O–H groups in total. The van der Waals surface area contributed by atoms with E-state index in [-0.39, 0.29) is 11.2 Å². The van der Waals surface area contributed by atoms with Gasteiger partial charge in [-0.05, 0) is 34.7 Å². The third-order valence-electron chi connectivity index (χ3n) is 3.38. The van der Waals surface area contributed by atoms with Crippen molar-refractivity contribution in [3.05, 3.63) is 22.4 Å². The number of nitrogens with zero attached hydrogens (tertiary/aromatic N) is 4. The van der Waals surface area contributed by atoms with Gasteiger partial charge in [0.15, 0.2) is 0 Å². The highest BCUT2D eigenvalue weighted by molar-refractivity contribution is 8.00. The second-order valence-corrected chi connectivity index (χ2v) is 7.11. The lowest BCUT2D eigenvalue weighted by molar-refractivity contribution is -0.120. The largest absolute Gasteiger partial charge is 0.355 e. The summed E-state index contributed by atoms with van der Waals surface area (Å²) in [5.41, 5.74) is 0. The molecule has 0 saturated carbocycles. The molecule has 21 heavy (non-hydrogen) atoms. The average Bonchev–Trinajstić information content (AvgIpc) is 3.10. The summed E-state index contributed by atoms with van der Waals surface area (Å²) in [7, 11) is 0. The average molecular weight is 323 g/mol. The Balaban J connectivity index is 1.63. The molecule has 0 aromatic carbocycles. The fraction of sp³-hybridized carbons (Fsp3) is 0.538. The maximum atomic E-state index is 12.0. The molecule has 0 aliphatic carbocycles. The highest BCUT2D eigenvalue weighted by atomic mass is 32.2. The Bertz CT molecular complexity index is 583. The topological polar surface area (TPSA) is 72.7 Å². The van der Waals surface area contributed by atoms with Crippen molar-refractivity contribution in [1.82, 2.24) is 25.5 Å². The van der Waals surface area contributed by atoms with E-state index in [0.29, 0.717) is 0 Å². The monoisotopic (exact) mass is 323 g/mol. The number of tetrazole rings is 1. The molecule has 6 nitrogen and oxygen atoms in total. The van der Waals surface area contributed by atoms with Crippen molar-refractivity contribution in [2.45, 2.75) is 42.6 Å². The van der Waals surface area contributed by atoms with Crippen molar-refractivity contribution in [1.29, 1.82) is 0 Å². The van der Waals surface area contributed by atoms with Gasteiger partial charge in [-0.2, -0.15) is 0 Å². The molecule has 0 spiro atoms. The van der Waals surface area contributed by atoms with Crippen LogP contribution in [0.4, 0.5) is 0 Å². The lowest BCUT2D eigenvalue weighted by atomic mass is 10.2. The number of hydrogen-bond donors (Lipinski definition) is 1. The smallest absolute Gasteiger partial charge is 0.233 e. The lowest BCUT2D eigenvalue weighted by Gasteiger charge is -2.11. The molecule has 1 fully saturated rings. The van der Waals surface area contributed by atoms with Crippen LogP contribution < -0.4 is 5.32 Å². The highest BCUT2D eigenvalue weighted by Crippen LogP contribution is 2.26. The van der Waals surface area contributed by atoms with Crippen LogP contribution in [0, 0.1) is 0 Å². The highest BCUT2D eigenvalue weighted by Gasteiger charge is 2.24. The number of thiophene rings is 1. The van der Waals surface area contributed by atoms with E-state index in [4.69, 9.17) is 0 Å². The van der Waals surface area contributed by atoms with Crippen molar-refractivity contribution in [3.8, 4) is 0 Å². The molecule has 3 heterocycles. The van der Waals surface area contributed by atoms with Crippen LogP contribution in [0.2, 0.25) is 0 Å². The molecule has 1 saturated heterocycles. The van der Waals surface area contributed by atoms with Crippen LogP contribution in [0.25, 0.3) is 0 Å². The van der Waals surface area contributed by atoms with Crippen LogP contribution in [-0.2, 0) is 17.8 Å². The number of rotatable bonds is 5. The summed E-state index contributed by atoms with van der Waals surface area (Å²) in [5, 5.41) is 17.5. The first kappa shape index (κ1) is 14.5. The maximum absolute atomic E-state index is 12.0. The molecule has 0 bridgehead atoms. The number of thioether (sulfide) groups is 1. The molecule has 1 aliphatic rings. The number of nitrogens with one attached hydrogen (secondary N) is 1. The molecule has 3 rings (SSSR count). The van der Waals surface area contributed by atoms with Crippen LogP contribution in [0.15, 0.2) is 22.7 Å². The molecule has 1 amide bonds. The molecule has 2 aromatic heterocycles. The van der Waals surface area contributed by atoms with Gasteiger partial charge in [0.05, 0.1) is 11.8 Å². The molecule has 1 atom stereocenters. The SMILES string of the molecule is O=C1NCCCCC1Sc1nnnn1CCc1cccs1. The Labute approximate surface area is 131 Å². The molecule has 1 unspecified atom stereocenters. The zero-order chi connectivity index (χ0) is 14.5. The van der Waals surface area contributed by atoms with E-state index in [1.54, 1.807) is 16.0 Å². The van der Waals surface area contributed by atoms with Crippen molar-refractivity contribution < 1.29 is 4.79 Å². The fourth-order valence-corrected chi connectivity index (χ4v) is 4.00. The van der Waals surface area contributed by atoms with Gasteiger partial charge in [-0.1, -0.05) is 24.2 Å². The Hall–Kier alpha value is -1.41. The zero-order valence-corrected chi connectivity index (χ0v) is 13.2. The summed E-state index contributed by atoms with van der Waals surface area (Å²) >= 11 is 3.21. The first-order valence-corrected chi connectivity index (χ1v) is 8.82. The normalized spacial score (nSPS) is 19.2. The quantitative estimate of drug-likeness (QED) is 0.907. The number of hydrogen-bond acceptors (Lipinski definition) is 6. The van der Waals surface area contributed by atoms with Gasteiger partial charge in [-0.25, -0.2) is 4.68 Å². The minimum Gasteiger partial charge on any atom is -0.355 e. The van der Waals surface area contributed by atoms with E-state index in [2.05, 4.69) is 32.3 Å². The number of aromatic nitrogens is 4. The Morgan fingerprint density at radius 3 is 3.29 bits per heavy atom. The van der Waals surface area contributed by atoms with E-state index >= 15 is 0 Å². The summed E-state index contributed by atoms with van der Waals surface area (Å²) in [5.74, 6) is 0.102. The van der Waals surface area contributed by atoms with Crippen molar-refractivity contribution in [2.75, 3.05) is 6.54 Å². The van der Waals surface area contributed by atoms with Crippen LogP contribution >= 0.6 is 23.1 Å². The van der Waals surface area contributed by atoms with E-state index in [1.807, 2.05) is 6.07 Å². The van der Waals surface area contributed by atoms with Crippen LogP contribution in [0.5, 0.6) is 0 Å². The predicted molar refractivity (Wildman–Crippen MR) is 82.3 cm³/mol. The van der Waals surface area contributed by atoms with E-state index < -0.39 is 0 Å². The Morgan fingerprint density at radius 2 is 2.43 bits per heavy atom. The summed E-state index contributed by atoms with van der Waals surface area (Å²) in [4.78, 5) is 13.3. The Morgan fingerprint density at radius 1 is 1.48 bits per heavy atom. The summed E-state index contributed by atoms with van der Waals surface area (Å²) in [6.07, 6.45) is 3.90. The number of amides is 1. The van der Waals surface area contributed by atoms with Crippen molar-refractivity contribution >= 4 is 29.0 Å².